The van der Waals surface area contributed by atoms with Crippen LogP contribution in [-0.2, 0) is 4.74 Å². The number of benzene rings is 1. The van der Waals surface area contributed by atoms with E-state index in [9.17, 15) is 10.0 Å². The van der Waals surface area contributed by atoms with Crippen LogP contribution < -0.4 is 0 Å². The molecule has 0 saturated heterocycles. The zero-order chi connectivity index (χ0) is 12.3. The standard InChI is InChI=1S/C13H15NO3/c1-14(16)9-7-12(8-10-14)17-13(15)11-5-3-2-4-6-11/h2-7H,8-10H2,1H3. The van der Waals surface area contributed by atoms with Crippen molar-refractivity contribution in [2.45, 2.75) is 6.42 Å². The van der Waals surface area contributed by atoms with Gasteiger partial charge in [0.1, 0.15) is 12.3 Å². The van der Waals surface area contributed by atoms with Crippen molar-refractivity contribution in [2.24, 2.45) is 0 Å². The first-order chi connectivity index (χ1) is 8.07. The van der Waals surface area contributed by atoms with Gasteiger partial charge in [0.2, 0.25) is 0 Å². The van der Waals surface area contributed by atoms with Crippen LogP contribution in [0, 0.1) is 5.21 Å². The summed E-state index contributed by atoms with van der Waals surface area (Å²) in [6.07, 6.45) is 2.22. The lowest BCUT2D eigenvalue weighted by atomic mass is 10.2. The van der Waals surface area contributed by atoms with Crippen molar-refractivity contribution in [3.8, 4) is 0 Å². The van der Waals surface area contributed by atoms with Crippen molar-refractivity contribution in [1.29, 1.82) is 0 Å². The molecule has 2 rings (SSSR count). The third-order valence-electron chi connectivity index (χ3n) is 2.77. The summed E-state index contributed by atoms with van der Waals surface area (Å²) in [6.45, 7) is 0.811. The first-order valence-corrected chi connectivity index (χ1v) is 5.59. The molecule has 90 valence electrons. The van der Waals surface area contributed by atoms with Crippen molar-refractivity contribution in [1.82, 2.24) is 0 Å². The largest absolute Gasteiger partial charge is 0.633 e. The third-order valence-corrected chi connectivity index (χ3v) is 2.77. The summed E-state index contributed by atoms with van der Waals surface area (Å²) in [4.78, 5) is 11.7. The number of nitrogens with zero attached hydrogens (tertiary/aromatic N) is 1. The van der Waals surface area contributed by atoms with E-state index in [2.05, 4.69) is 0 Å². The van der Waals surface area contributed by atoms with E-state index >= 15 is 0 Å². The van der Waals surface area contributed by atoms with Crippen LogP contribution in [0.3, 0.4) is 0 Å². The monoisotopic (exact) mass is 233 g/mol. The molecular formula is C13H15NO3. The van der Waals surface area contributed by atoms with Crippen molar-refractivity contribution in [3.63, 3.8) is 0 Å². The normalized spacial score (nSPS) is 24.0. The minimum absolute atomic E-state index is 0.299. The second-order valence-electron chi connectivity index (χ2n) is 4.38. The molecule has 4 nitrogen and oxygen atoms in total. The number of ether oxygens (including phenoxy) is 1. The SMILES string of the molecule is C[N+]1([O-])CC=C(OC(=O)c2ccccc2)CC1. The molecule has 1 heterocycles. The second-order valence-corrected chi connectivity index (χ2v) is 4.38. The number of rotatable bonds is 2. The van der Waals surface area contributed by atoms with Crippen LogP contribution >= 0.6 is 0 Å². The maximum absolute atomic E-state index is 11.7. The highest BCUT2D eigenvalue weighted by Crippen LogP contribution is 2.17. The molecule has 1 aliphatic heterocycles. The predicted octanol–water partition coefficient (Wildman–Crippen LogP) is 2.08. The molecule has 0 bridgehead atoms. The Morgan fingerprint density at radius 2 is 2.06 bits per heavy atom. The number of hydrogen-bond acceptors (Lipinski definition) is 3. The van der Waals surface area contributed by atoms with Gasteiger partial charge in [-0.25, -0.2) is 4.79 Å². The molecule has 1 aliphatic rings. The van der Waals surface area contributed by atoms with Gasteiger partial charge in [0, 0.05) is 6.08 Å². The van der Waals surface area contributed by atoms with E-state index in [1.54, 1.807) is 37.4 Å². The summed E-state index contributed by atoms with van der Waals surface area (Å²) in [5.41, 5.74) is 0.526. The van der Waals surface area contributed by atoms with Gasteiger partial charge < -0.3 is 14.6 Å². The van der Waals surface area contributed by atoms with E-state index in [-0.39, 0.29) is 10.6 Å². The van der Waals surface area contributed by atoms with E-state index < -0.39 is 0 Å². The first-order valence-electron chi connectivity index (χ1n) is 5.59. The van der Waals surface area contributed by atoms with Gasteiger partial charge in [0.05, 0.1) is 25.6 Å². The molecule has 17 heavy (non-hydrogen) atoms. The van der Waals surface area contributed by atoms with Crippen molar-refractivity contribution in [2.75, 3.05) is 20.1 Å². The van der Waals surface area contributed by atoms with Gasteiger partial charge in [-0.1, -0.05) is 18.2 Å². The maximum atomic E-state index is 11.7. The molecule has 1 unspecified atom stereocenters. The minimum Gasteiger partial charge on any atom is -0.633 e. The molecule has 4 heteroatoms. The molecule has 1 aromatic carbocycles. The Labute approximate surface area is 100 Å². The maximum Gasteiger partial charge on any atom is 0.343 e. The summed E-state index contributed by atoms with van der Waals surface area (Å²) in [7, 11) is 1.62. The number of carbonyl (C=O) groups is 1. The number of likely N-dealkylation sites (N-methyl/N-ethyl adjacent to an activating group) is 1. The fourth-order valence-corrected chi connectivity index (χ4v) is 1.68. The third kappa shape index (κ3) is 3.15. The molecule has 0 spiro atoms. The summed E-state index contributed by atoms with van der Waals surface area (Å²) < 4.78 is 4.94. The average Bonchev–Trinajstić information content (AvgIpc) is 2.33. The van der Waals surface area contributed by atoms with E-state index in [4.69, 9.17) is 4.74 Å². The molecular weight excluding hydrogens is 218 g/mol. The average molecular weight is 233 g/mol. The number of esters is 1. The summed E-state index contributed by atoms with van der Waals surface area (Å²) in [5, 5.41) is 11.6. The van der Waals surface area contributed by atoms with Gasteiger partial charge in [-0.3, -0.25) is 0 Å². The lowest BCUT2D eigenvalue weighted by molar-refractivity contribution is -0.856. The minimum atomic E-state index is -0.362. The number of hydrogen-bond donors (Lipinski definition) is 0. The van der Waals surface area contributed by atoms with Crippen molar-refractivity contribution < 1.29 is 14.2 Å². The smallest absolute Gasteiger partial charge is 0.343 e. The molecule has 1 atom stereocenters. The number of quaternary nitrogens is 1. The predicted molar refractivity (Wildman–Crippen MR) is 63.8 cm³/mol. The Balaban J connectivity index is 1.99. The van der Waals surface area contributed by atoms with Crippen LogP contribution in [0.1, 0.15) is 16.8 Å². The zero-order valence-electron chi connectivity index (χ0n) is 9.76. The van der Waals surface area contributed by atoms with Gasteiger partial charge in [0.15, 0.2) is 0 Å². The molecule has 0 N–H and O–H groups in total. The topological polar surface area (TPSA) is 49.4 Å². The Morgan fingerprint density at radius 1 is 1.35 bits per heavy atom. The van der Waals surface area contributed by atoms with Crippen LogP contribution in [0.4, 0.5) is 0 Å². The Bertz CT molecular complexity index is 437. The van der Waals surface area contributed by atoms with E-state index in [1.807, 2.05) is 6.07 Å². The van der Waals surface area contributed by atoms with Crippen LogP contribution in [0.2, 0.25) is 0 Å². The molecule has 0 amide bonds. The molecule has 0 aliphatic carbocycles. The highest BCUT2D eigenvalue weighted by molar-refractivity contribution is 5.89. The van der Waals surface area contributed by atoms with Gasteiger partial charge in [0.25, 0.3) is 0 Å². The van der Waals surface area contributed by atoms with Crippen molar-refractivity contribution in [3.05, 3.63) is 52.9 Å². The summed E-state index contributed by atoms with van der Waals surface area (Å²) in [6, 6.07) is 8.84. The van der Waals surface area contributed by atoms with Crippen molar-refractivity contribution >= 4 is 5.97 Å². The highest BCUT2D eigenvalue weighted by Gasteiger charge is 2.19. The Kier molecular flexibility index (Phi) is 3.26. The van der Waals surface area contributed by atoms with Crippen LogP contribution in [0.5, 0.6) is 0 Å². The highest BCUT2D eigenvalue weighted by atomic mass is 16.6. The van der Waals surface area contributed by atoms with Gasteiger partial charge in [-0.15, -0.1) is 0 Å². The van der Waals surface area contributed by atoms with Crippen LogP contribution in [0.15, 0.2) is 42.2 Å². The Hall–Kier alpha value is -1.65. The lowest BCUT2D eigenvalue weighted by Crippen LogP contribution is -2.41. The lowest BCUT2D eigenvalue weighted by Gasteiger charge is -2.40. The van der Waals surface area contributed by atoms with Gasteiger partial charge in [-0.05, 0) is 12.1 Å². The van der Waals surface area contributed by atoms with Crippen LogP contribution in [0.25, 0.3) is 0 Å². The zero-order valence-corrected chi connectivity index (χ0v) is 9.76. The fourth-order valence-electron chi connectivity index (χ4n) is 1.68. The fraction of sp³-hybridized carbons (Fsp3) is 0.308. The molecule has 0 fully saturated rings. The molecule has 0 radical (unpaired) electrons. The summed E-state index contributed by atoms with van der Waals surface area (Å²) in [5.74, 6) is 0.240. The van der Waals surface area contributed by atoms with E-state index in [1.165, 1.54) is 0 Å². The number of hydroxylamine groups is 3. The van der Waals surface area contributed by atoms with E-state index in [0.29, 0.717) is 30.8 Å². The van der Waals surface area contributed by atoms with Crippen LogP contribution in [-0.4, -0.2) is 30.8 Å². The Morgan fingerprint density at radius 3 is 2.65 bits per heavy atom. The number of carbonyl (C=O) groups excluding carboxylic acids is 1. The molecule has 0 saturated carbocycles. The first kappa shape index (κ1) is 11.8. The second kappa shape index (κ2) is 4.69. The molecule has 1 aromatic rings. The van der Waals surface area contributed by atoms with Gasteiger partial charge in [-0.2, -0.15) is 0 Å². The molecule has 0 aromatic heterocycles. The van der Waals surface area contributed by atoms with E-state index in [0.717, 1.165) is 0 Å². The van der Waals surface area contributed by atoms with Gasteiger partial charge >= 0.3 is 5.97 Å². The summed E-state index contributed by atoms with van der Waals surface area (Å²) >= 11 is 0. The quantitative estimate of drug-likeness (QED) is 0.446.